The molecule has 2 aromatic heterocycles. The van der Waals surface area contributed by atoms with E-state index in [1.54, 1.807) is 13.0 Å². The summed E-state index contributed by atoms with van der Waals surface area (Å²) in [6.07, 6.45) is 4.76. The van der Waals surface area contributed by atoms with E-state index in [-0.39, 0.29) is 17.2 Å². The van der Waals surface area contributed by atoms with Gasteiger partial charge in [-0.15, -0.1) is 10.2 Å². The SMILES string of the molecule is CC(=O)c1c(C)oc(Nc2ccc(-c3ccc4c(c3)CCCC4)nn2)c1C#N. The number of benzene rings is 1. The van der Waals surface area contributed by atoms with E-state index in [9.17, 15) is 10.1 Å². The van der Waals surface area contributed by atoms with Crippen molar-refractivity contribution in [3.8, 4) is 17.3 Å². The number of carbonyl (C=O) groups is 1. The van der Waals surface area contributed by atoms with Crippen LogP contribution in [0.5, 0.6) is 0 Å². The Hall–Kier alpha value is -3.46. The molecule has 0 radical (unpaired) electrons. The number of aromatic nitrogens is 2. The van der Waals surface area contributed by atoms with Crippen molar-refractivity contribution < 1.29 is 9.21 Å². The first kappa shape index (κ1) is 17.9. The molecule has 1 aliphatic carbocycles. The van der Waals surface area contributed by atoms with Gasteiger partial charge in [-0.1, -0.05) is 12.1 Å². The van der Waals surface area contributed by atoms with E-state index in [1.807, 2.05) is 12.1 Å². The molecular formula is C22H20N4O2. The van der Waals surface area contributed by atoms with Crippen LogP contribution in [0.25, 0.3) is 11.3 Å². The summed E-state index contributed by atoms with van der Waals surface area (Å²) in [6, 6.07) is 12.2. The van der Waals surface area contributed by atoms with E-state index in [0.29, 0.717) is 17.1 Å². The minimum absolute atomic E-state index is 0.186. The summed E-state index contributed by atoms with van der Waals surface area (Å²) in [5, 5.41) is 20.9. The van der Waals surface area contributed by atoms with Crippen molar-refractivity contribution in [2.24, 2.45) is 0 Å². The fraction of sp³-hybridized carbons (Fsp3) is 0.273. The number of nitriles is 1. The van der Waals surface area contributed by atoms with E-state index < -0.39 is 0 Å². The maximum absolute atomic E-state index is 11.7. The summed E-state index contributed by atoms with van der Waals surface area (Å²) in [5.41, 5.74) is 5.15. The van der Waals surface area contributed by atoms with Gasteiger partial charge in [0.15, 0.2) is 11.6 Å². The Bertz CT molecular complexity index is 1090. The molecule has 0 unspecified atom stereocenters. The second kappa shape index (κ2) is 7.28. The average molecular weight is 372 g/mol. The first-order chi connectivity index (χ1) is 13.6. The molecule has 28 heavy (non-hydrogen) atoms. The number of anilines is 2. The zero-order valence-electron chi connectivity index (χ0n) is 15.9. The maximum atomic E-state index is 11.7. The van der Waals surface area contributed by atoms with Gasteiger partial charge in [0, 0.05) is 5.56 Å². The van der Waals surface area contributed by atoms with Gasteiger partial charge in [-0.25, -0.2) is 0 Å². The molecule has 6 heteroatoms. The third kappa shape index (κ3) is 3.27. The Morgan fingerprint density at radius 2 is 1.93 bits per heavy atom. The zero-order chi connectivity index (χ0) is 19.7. The number of furan rings is 1. The number of Topliss-reactive ketones (excluding diaryl/α,β-unsaturated/α-hetero) is 1. The van der Waals surface area contributed by atoms with Crippen LogP contribution in [0.4, 0.5) is 11.7 Å². The van der Waals surface area contributed by atoms with Crippen LogP contribution >= 0.6 is 0 Å². The van der Waals surface area contributed by atoms with Crippen molar-refractivity contribution in [1.29, 1.82) is 5.26 Å². The predicted molar refractivity (Wildman–Crippen MR) is 106 cm³/mol. The molecule has 1 aromatic carbocycles. The molecule has 0 atom stereocenters. The van der Waals surface area contributed by atoms with Crippen molar-refractivity contribution >= 4 is 17.5 Å². The number of carbonyl (C=O) groups excluding carboxylic acids is 1. The highest BCUT2D eigenvalue weighted by atomic mass is 16.4. The fourth-order valence-electron chi connectivity index (χ4n) is 3.73. The van der Waals surface area contributed by atoms with E-state index in [2.05, 4.69) is 33.7 Å². The van der Waals surface area contributed by atoms with Crippen LogP contribution in [0, 0.1) is 18.3 Å². The Morgan fingerprint density at radius 1 is 1.14 bits per heavy atom. The van der Waals surface area contributed by atoms with Crippen LogP contribution in [-0.2, 0) is 12.8 Å². The lowest BCUT2D eigenvalue weighted by molar-refractivity contribution is 0.101. The number of aryl methyl sites for hydroxylation is 3. The summed E-state index contributed by atoms with van der Waals surface area (Å²) in [5.74, 6) is 0.855. The molecule has 1 aliphatic rings. The molecule has 0 saturated heterocycles. The standard InChI is InChI=1S/C22H20N4O2/c1-13(27)21-14(2)28-22(18(21)12-23)24-20-10-9-19(25-26-20)17-8-7-15-5-3-4-6-16(15)11-17/h7-11H,3-6H2,1-2H3,(H,24,26). The number of nitrogens with one attached hydrogen (secondary N) is 1. The molecule has 4 rings (SSSR count). The van der Waals surface area contributed by atoms with Crippen LogP contribution < -0.4 is 5.32 Å². The van der Waals surface area contributed by atoms with E-state index in [4.69, 9.17) is 4.42 Å². The van der Waals surface area contributed by atoms with Crippen LogP contribution in [0.1, 0.15) is 52.6 Å². The lowest BCUT2D eigenvalue weighted by Crippen LogP contribution is -2.03. The summed E-state index contributed by atoms with van der Waals surface area (Å²) in [6.45, 7) is 3.07. The van der Waals surface area contributed by atoms with Crippen molar-refractivity contribution in [1.82, 2.24) is 10.2 Å². The Balaban J connectivity index is 1.59. The second-order valence-corrected chi connectivity index (χ2v) is 7.02. The van der Waals surface area contributed by atoms with Gasteiger partial charge in [-0.05, 0) is 68.9 Å². The zero-order valence-corrected chi connectivity index (χ0v) is 15.9. The molecule has 0 aliphatic heterocycles. The molecule has 0 amide bonds. The molecule has 0 saturated carbocycles. The Kier molecular flexibility index (Phi) is 4.66. The van der Waals surface area contributed by atoms with Gasteiger partial charge >= 0.3 is 0 Å². The topological polar surface area (TPSA) is 91.8 Å². The van der Waals surface area contributed by atoms with Crippen molar-refractivity contribution in [2.45, 2.75) is 39.5 Å². The Morgan fingerprint density at radius 3 is 2.61 bits per heavy atom. The monoisotopic (exact) mass is 372 g/mol. The molecule has 2 heterocycles. The molecule has 3 aromatic rings. The second-order valence-electron chi connectivity index (χ2n) is 7.02. The van der Waals surface area contributed by atoms with Crippen LogP contribution in [0.3, 0.4) is 0 Å². The maximum Gasteiger partial charge on any atom is 0.217 e. The summed E-state index contributed by atoms with van der Waals surface area (Å²) < 4.78 is 5.56. The summed E-state index contributed by atoms with van der Waals surface area (Å²) in [7, 11) is 0. The minimum Gasteiger partial charge on any atom is -0.443 e. The third-order valence-corrected chi connectivity index (χ3v) is 5.10. The van der Waals surface area contributed by atoms with Gasteiger partial charge in [0.25, 0.3) is 0 Å². The largest absolute Gasteiger partial charge is 0.443 e. The van der Waals surface area contributed by atoms with Gasteiger partial charge in [-0.3, -0.25) is 4.79 Å². The van der Waals surface area contributed by atoms with E-state index in [0.717, 1.165) is 24.1 Å². The van der Waals surface area contributed by atoms with Gasteiger partial charge in [0.2, 0.25) is 5.88 Å². The lowest BCUT2D eigenvalue weighted by atomic mass is 9.90. The smallest absolute Gasteiger partial charge is 0.217 e. The van der Waals surface area contributed by atoms with Gasteiger partial charge in [0.1, 0.15) is 17.4 Å². The highest BCUT2D eigenvalue weighted by Crippen LogP contribution is 2.30. The molecule has 0 bridgehead atoms. The predicted octanol–water partition coefficient (Wildman–Crippen LogP) is 4.74. The van der Waals surface area contributed by atoms with E-state index >= 15 is 0 Å². The number of rotatable bonds is 4. The van der Waals surface area contributed by atoms with Crippen molar-refractivity contribution in [2.75, 3.05) is 5.32 Å². The Labute approximate surface area is 163 Å². The number of nitrogens with zero attached hydrogens (tertiary/aromatic N) is 3. The third-order valence-electron chi connectivity index (χ3n) is 5.10. The quantitative estimate of drug-likeness (QED) is 0.665. The fourth-order valence-corrected chi connectivity index (χ4v) is 3.73. The molecule has 0 fully saturated rings. The average Bonchev–Trinajstić information content (AvgIpc) is 3.03. The molecule has 140 valence electrons. The first-order valence-electron chi connectivity index (χ1n) is 9.34. The lowest BCUT2D eigenvalue weighted by Gasteiger charge is -2.16. The normalized spacial score (nSPS) is 12.9. The van der Waals surface area contributed by atoms with Crippen molar-refractivity contribution in [3.63, 3.8) is 0 Å². The number of fused-ring (bicyclic) bond motifs is 1. The van der Waals surface area contributed by atoms with Crippen LogP contribution in [0.15, 0.2) is 34.7 Å². The molecule has 0 spiro atoms. The highest BCUT2D eigenvalue weighted by molar-refractivity contribution is 5.99. The number of hydrogen-bond donors (Lipinski definition) is 1. The molecule has 1 N–H and O–H groups in total. The van der Waals surface area contributed by atoms with Gasteiger partial charge < -0.3 is 9.73 Å². The number of ketones is 1. The van der Waals surface area contributed by atoms with Gasteiger partial charge in [0.05, 0.1) is 11.3 Å². The summed E-state index contributed by atoms with van der Waals surface area (Å²) >= 11 is 0. The van der Waals surface area contributed by atoms with Crippen LogP contribution in [0.2, 0.25) is 0 Å². The molecule has 6 nitrogen and oxygen atoms in total. The van der Waals surface area contributed by atoms with Crippen LogP contribution in [-0.4, -0.2) is 16.0 Å². The molecular weight excluding hydrogens is 352 g/mol. The van der Waals surface area contributed by atoms with E-state index in [1.165, 1.54) is 30.9 Å². The summed E-state index contributed by atoms with van der Waals surface area (Å²) in [4.78, 5) is 11.7. The van der Waals surface area contributed by atoms with Crippen molar-refractivity contribution in [3.05, 3.63) is 58.3 Å². The minimum atomic E-state index is -0.209. The number of hydrogen-bond acceptors (Lipinski definition) is 6. The highest BCUT2D eigenvalue weighted by Gasteiger charge is 2.21. The first-order valence-corrected chi connectivity index (χ1v) is 9.34. The van der Waals surface area contributed by atoms with Gasteiger partial charge in [-0.2, -0.15) is 5.26 Å².